The fourth-order valence-corrected chi connectivity index (χ4v) is 3.61. The summed E-state index contributed by atoms with van der Waals surface area (Å²) in [5, 5.41) is 5.35. The SMILES string of the molecule is O=C1CC(=O)Nc2cc(C(=O)C3CC4CC4C3)ccc2N1. The van der Waals surface area contributed by atoms with Crippen LogP contribution in [0.4, 0.5) is 11.4 Å². The van der Waals surface area contributed by atoms with E-state index in [0.29, 0.717) is 16.9 Å². The van der Waals surface area contributed by atoms with Crippen molar-refractivity contribution in [3.63, 3.8) is 0 Å². The Morgan fingerprint density at radius 3 is 2.33 bits per heavy atom. The molecule has 4 rings (SSSR count). The van der Waals surface area contributed by atoms with Crippen molar-refractivity contribution in [3.05, 3.63) is 23.8 Å². The van der Waals surface area contributed by atoms with E-state index in [2.05, 4.69) is 10.6 Å². The lowest BCUT2D eigenvalue weighted by Gasteiger charge is -2.13. The van der Waals surface area contributed by atoms with Crippen LogP contribution >= 0.6 is 0 Å². The molecule has 2 aliphatic carbocycles. The molecule has 0 radical (unpaired) electrons. The number of rotatable bonds is 2. The molecule has 3 aliphatic rings. The van der Waals surface area contributed by atoms with Crippen LogP contribution < -0.4 is 10.6 Å². The highest BCUT2D eigenvalue weighted by Gasteiger charge is 2.48. The molecule has 1 aliphatic heterocycles. The van der Waals surface area contributed by atoms with Crippen molar-refractivity contribution in [2.24, 2.45) is 17.8 Å². The van der Waals surface area contributed by atoms with Crippen molar-refractivity contribution in [3.8, 4) is 0 Å². The first-order valence-corrected chi connectivity index (χ1v) is 7.38. The molecule has 2 saturated carbocycles. The summed E-state index contributed by atoms with van der Waals surface area (Å²) >= 11 is 0. The first kappa shape index (κ1) is 12.6. The summed E-state index contributed by atoms with van der Waals surface area (Å²) in [5.74, 6) is 1.13. The van der Waals surface area contributed by atoms with E-state index in [9.17, 15) is 14.4 Å². The molecule has 2 N–H and O–H groups in total. The second-order valence-corrected chi connectivity index (χ2v) is 6.32. The number of ketones is 1. The van der Waals surface area contributed by atoms with Crippen LogP contribution in [0.5, 0.6) is 0 Å². The number of carbonyl (C=O) groups is 3. The number of benzene rings is 1. The van der Waals surface area contributed by atoms with Crippen molar-refractivity contribution >= 4 is 29.0 Å². The van der Waals surface area contributed by atoms with E-state index in [4.69, 9.17) is 0 Å². The first-order valence-electron chi connectivity index (χ1n) is 7.38. The minimum absolute atomic E-state index is 0.128. The van der Waals surface area contributed by atoms with Gasteiger partial charge in [-0.25, -0.2) is 0 Å². The van der Waals surface area contributed by atoms with E-state index >= 15 is 0 Å². The van der Waals surface area contributed by atoms with Gasteiger partial charge in [-0.2, -0.15) is 0 Å². The highest BCUT2D eigenvalue weighted by Crippen LogP contribution is 2.55. The maximum atomic E-state index is 12.5. The Bertz CT molecular complexity index is 657. The fraction of sp³-hybridized carbons (Fsp3) is 0.438. The average Bonchev–Trinajstić information content (AvgIpc) is 3.09. The smallest absolute Gasteiger partial charge is 0.233 e. The fourth-order valence-electron chi connectivity index (χ4n) is 3.61. The van der Waals surface area contributed by atoms with Crippen molar-refractivity contribution in [2.75, 3.05) is 10.6 Å². The van der Waals surface area contributed by atoms with Gasteiger partial charge >= 0.3 is 0 Å². The first-order chi connectivity index (χ1) is 10.1. The van der Waals surface area contributed by atoms with Crippen LogP contribution in [0, 0.1) is 17.8 Å². The van der Waals surface area contributed by atoms with Gasteiger partial charge in [0.25, 0.3) is 0 Å². The molecule has 0 bridgehead atoms. The van der Waals surface area contributed by atoms with E-state index < -0.39 is 0 Å². The van der Waals surface area contributed by atoms with Crippen LogP contribution in [0.1, 0.15) is 36.0 Å². The minimum atomic E-state index is -0.349. The highest BCUT2D eigenvalue weighted by atomic mass is 16.2. The zero-order valence-electron chi connectivity index (χ0n) is 11.5. The molecular formula is C16H16N2O3. The van der Waals surface area contributed by atoms with Crippen LogP contribution in [0.15, 0.2) is 18.2 Å². The average molecular weight is 284 g/mol. The molecule has 0 aromatic heterocycles. The lowest BCUT2D eigenvalue weighted by molar-refractivity contribution is -0.123. The van der Waals surface area contributed by atoms with E-state index in [1.807, 2.05) is 0 Å². The van der Waals surface area contributed by atoms with Crippen LogP contribution in [0.2, 0.25) is 0 Å². The van der Waals surface area contributed by atoms with Gasteiger partial charge in [-0.1, -0.05) is 0 Å². The Balaban J connectivity index is 1.61. The lowest BCUT2D eigenvalue weighted by atomic mass is 9.93. The van der Waals surface area contributed by atoms with Gasteiger partial charge in [-0.05, 0) is 49.3 Å². The standard InChI is InChI=1S/C16H16N2O3/c19-14-7-15(20)18-13-6-8(1-2-12(13)17-14)16(21)11-4-9-3-10(9)5-11/h1-2,6,9-11H,3-5,7H2,(H,17,19)(H,18,20). The maximum absolute atomic E-state index is 12.5. The number of Topliss-reactive ketones (excluding diaryl/α,β-unsaturated/α-hetero) is 1. The van der Waals surface area contributed by atoms with Gasteiger partial charge in [0.2, 0.25) is 11.8 Å². The summed E-state index contributed by atoms with van der Waals surface area (Å²) in [4.78, 5) is 35.6. The molecule has 1 aromatic rings. The predicted octanol–water partition coefficient (Wildman–Crippen LogP) is 2.20. The molecule has 108 valence electrons. The molecule has 0 saturated heterocycles. The van der Waals surface area contributed by atoms with E-state index in [1.54, 1.807) is 18.2 Å². The quantitative estimate of drug-likeness (QED) is 0.645. The van der Waals surface area contributed by atoms with Gasteiger partial charge < -0.3 is 10.6 Å². The van der Waals surface area contributed by atoms with Crippen molar-refractivity contribution < 1.29 is 14.4 Å². The Morgan fingerprint density at radius 2 is 1.62 bits per heavy atom. The number of anilines is 2. The van der Waals surface area contributed by atoms with E-state index in [0.717, 1.165) is 24.7 Å². The van der Waals surface area contributed by atoms with Gasteiger partial charge in [0, 0.05) is 11.5 Å². The van der Waals surface area contributed by atoms with Gasteiger partial charge in [0.1, 0.15) is 6.42 Å². The topological polar surface area (TPSA) is 75.3 Å². The van der Waals surface area contributed by atoms with Gasteiger partial charge in [-0.3, -0.25) is 14.4 Å². The highest BCUT2D eigenvalue weighted by molar-refractivity contribution is 6.14. The second-order valence-electron chi connectivity index (χ2n) is 6.32. The summed E-state index contributed by atoms with van der Waals surface area (Å²) in [6.07, 6.45) is 3.10. The summed E-state index contributed by atoms with van der Waals surface area (Å²) < 4.78 is 0. The third kappa shape index (κ3) is 2.22. The molecule has 5 nitrogen and oxygen atoms in total. The third-order valence-electron chi connectivity index (χ3n) is 4.79. The second kappa shape index (κ2) is 4.41. The number of hydrogen-bond acceptors (Lipinski definition) is 3. The van der Waals surface area contributed by atoms with Crippen LogP contribution in [-0.4, -0.2) is 17.6 Å². The molecule has 5 heteroatoms. The molecule has 1 aromatic carbocycles. The molecule has 2 amide bonds. The van der Waals surface area contributed by atoms with Crippen LogP contribution in [0.25, 0.3) is 0 Å². The molecule has 1 heterocycles. The van der Waals surface area contributed by atoms with Crippen molar-refractivity contribution in [1.82, 2.24) is 0 Å². The molecule has 2 atom stereocenters. The number of hydrogen-bond donors (Lipinski definition) is 2. The molecule has 2 fully saturated rings. The van der Waals surface area contributed by atoms with Gasteiger partial charge in [0.15, 0.2) is 5.78 Å². The van der Waals surface area contributed by atoms with Crippen molar-refractivity contribution in [2.45, 2.75) is 25.7 Å². The van der Waals surface area contributed by atoms with Gasteiger partial charge in [-0.15, -0.1) is 0 Å². The summed E-state index contributed by atoms with van der Waals surface area (Å²) in [6, 6.07) is 5.12. The van der Waals surface area contributed by atoms with Crippen LogP contribution in [-0.2, 0) is 9.59 Å². The van der Waals surface area contributed by atoms with E-state index in [1.165, 1.54) is 6.42 Å². The number of fused-ring (bicyclic) bond motifs is 2. The Labute approximate surface area is 122 Å². The maximum Gasteiger partial charge on any atom is 0.233 e. The zero-order chi connectivity index (χ0) is 14.6. The third-order valence-corrected chi connectivity index (χ3v) is 4.79. The Hall–Kier alpha value is -2.17. The normalized spacial score (nSPS) is 29.8. The van der Waals surface area contributed by atoms with Crippen molar-refractivity contribution in [1.29, 1.82) is 0 Å². The number of carbonyl (C=O) groups excluding carboxylic acids is 3. The molecular weight excluding hydrogens is 268 g/mol. The number of nitrogens with one attached hydrogen (secondary N) is 2. The molecule has 2 unspecified atom stereocenters. The zero-order valence-corrected chi connectivity index (χ0v) is 11.5. The molecule has 21 heavy (non-hydrogen) atoms. The Morgan fingerprint density at radius 1 is 0.952 bits per heavy atom. The van der Waals surface area contributed by atoms with E-state index in [-0.39, 0.29) is 29.9 Å². The summed E-state index contributed by atoms with van der Waals surface area (Å²) in [5.41, 5.74) is 1.69. The number of amides is 2. The monoisotopic (exact) mass is 284 g/mol. The summed E-state index contributed by atoms with van der Waals surface area (Å²) in [7, 11) is 0. The predicted molar refractivity (Wildman–Crippen MR) is 77.0 cm³/mol. The minimum Gasteiger partial charge on any atom is -0.324 e. The lowest BCUT2D eigenvalue weighted by Crippen LogP contribution is -2.16. The summed E-state index contributed by atoms with van der Waals surface area (Å²) in [6.45, 7) is 0. The largest absolute Gasteiger partial charge is 0.324 e. The van der Waals surface area contributed by atoms with Gasteiger partial charge in [0.05, 0.1) is 11.4 Å². The Kier molecular flexibility index (Phi) is 2.64. The molecule has 0 spiro atoms. The van der Waals surface area contributed by atoms with Crippen LogP contribution in [0.3, 0.4) is 0 Å².